The average molecular weight is 392 g/mol. The normalized spacial score (nSPS) is 11.4. The quantitative estimate of drug-likeness (QED) is 0.748. The van der Waals surface area contributed by atoms with E-state index >= 15 is 0 Å². The summed E-state index contributed by atoms with van der Waals surface area (Å²) >= 11 is 0. The first-order valence-corrected chi connectivity index (χ1v) is 10.1. The molecule has 0 spiro atoms. The van der Waals surface area contributed by atoms with Gasteiger partial charge in [0.1, 0.15) is 17.0 Å². The molecule has 0 amide bonds. The maximum absolute atomic E-state index is 13.0. The molecule has 0 aliphatic rings. The molecule has 0 saturated heterocycles. The van der Waals surface area contributed by atoms with Crippen LogP contribution in [0.4, 0.5) is 4.39 Å². The van der Waals surface area contributed by atoms with Crippen molar-refractivity contribution >= 4 is 22.7 Å². The Balaban J connectivity index is 0.00000114. The van der Waals surface area contributed by atoms with Crippen LogP contribution in [0.2, 0.25) is 0 Å². The lowest BCUT2D eigenvalue weighted by atomic mass is 10.2. The highest BCUT2D eigenvalue weighted by Crippen LogP contribution is 2.18. The highest BCUT2D eigenvalue weighted by molar-refractivity contribution is 7.88. The Labute approximate surface area is 160 Å². The minimum atomic E-state index is -3.39. The maximum Gasteiger partial charge on any atom is 0.231 e. The molecule has 27 heavy (non-hydrogen) atoms. The molecular formula is C21H26FNO3S. The van der Waals surface area contributed by atoms with Gasteiger partial charge in [0.2, 0.25) is 10.0 Å². The topological polar surface area (TPSA) is 50.5 Å². The Bertz CT molecular complexity index is 1030. The summed E-state index contributed by atoms with van der Waals surface area (Å²) in [4.78, 5) is 0. The van der Waals surface area contributed by atoms with Crippen LogP contribution in [-0.4, -0.2) is 26.0 Å². The minimum absolute atomic E-state index is 0.325. The van der Waals surface area contributed by atoms with Crippen molar-refractivity contribution in [3.05, 3.63) is 70.7 Å². The van der Waals surface area contributed by atoms with Crippen LogP contribution in [0, 0.1) is 5.82 Å². The first-order chi connectivity index (χ1) is 12.5. The molecule has 0 unspecified atom stereocenters. The fourth-order valence-electron chi connectivity index (χ4n) is 2.17. The van der Waals surface area contributed by atoms with Gasteiger partial charge < -0.3 is 4.42 Å². The zero-order valence-corrected chi connectivity index (χ0v) is 17.2. The summed E-state index contributed by atoms with van der Waals surface area (Å²) < 4.78 is 43.6. The van der Waals surface area contributed by atoms with E-state index in [0.717, 1.165) is 17.4 Å². The van der Waals surface area contributed by atoms with Crippen molar-refractivity contribution in [1.82, 2.24) is 4.31 Å². The third kappa shape index (κ3) is 6.25. The molecule has 4 nitrogen and oxygen atoms in total. The predicted octanol–water partition coefficient (Wildman–Crippen LogP) is 3.65. The third-order valence-corrected chi connectivity index (χ3v) is 4.78. The summed E-state index contributed by atoms with van der Waals surface area (Å²) in [5, 5.41) is 0.620. The summed E-state index contributed by atoms with van der Waals surface area (Å²) in [5.74, 6) is 0.218. The highest BCUT2D eigenvalue weighted by atomic mass is 32.2. The summed E-state index contributed by atoms with van der Waals surface area (Å²) in [6.07, 6.45) is 4.53. The second kappa shape index (κ2) is 9.37. The van der Waals surface area contributed by atoms with E-state index in [4.69, 9.17) is 4.42 Å². The van der Waals surface area contributed by atoms with Gasteiger partial charge in [-0.25, -0.2) is 12.8 Å². The summed E-state index contributed by atoms with van der Waals surface area (Å²) in [5.41, 5.74) is 2.52. The van der Waals surface area contributed by atoms with Crippen molar-refractivity contribution in [2.45, 2.75) is 20.8 Å². The Hall–Kier alpha value is -2.60. The number of halogens is 1. The van der Waals surface area contributed by atoms with E-state index in [0.29, 0.717) is 22.1 Å². The Morgan fingerprint density at radius 3 is 2.19 bits per heavy atom. The van der Waals surface area contributed by atoms with E-state index < -0.39 is 10.0 Å². The molecule has 0 aliphatic heterocycles. The smallest absolute Gasteiger partial charge is 0.231 e. The Morgan fingerprint density at radius 2 is 1.74 bits per heavy atom. The molecule has 2 aromatic rings. The first kappa shape index (κ1) is 22.4. The number of rotatable bonds is 4. The van der Waals surface area contributed by atoms with E-state index in [9.17, 15) is 12.8 Å². The summed E-state index contributed by atoms with van der Waals surface area (Å²) in [7, 11) is -1.90. The van der Waals surface area contributed by atoms with Crippen molar-refractivity contribution in [1.29, 1.82) is 0 Å². The molecule has 1 aromatic carbocycles. The van der Waals surface area contributed by atoms with Crippen LogP contribution in [0.5, 0.6) is 0 Å². The van der Waals surface area contributed by atoms with Gasteiger partial charge in [-0.05, 0) is 51.1 Å². The van der Waals surface area contributed by atoms with Crippen LogP contribution in [0.15, 0.2) is 58.7 Å². The van der Waals surface area contributed by atoms with Gasteiger partial charge in [-0.2, -0.15) is 0 Å². The minimum Gasteiger partial charge on any atom is -0.456 e. The van der Waals surface area contributed by atoms with Gasteiger partial charge in [0.15, 0.2) is 0 Å². The van der Waals surface area contributed by atoms with Crippen LogP contribution in [0.1, 0.15) is 20.8 Å². The van der Waals surface area contributed by atoms with Crippen molar-refractivity contribution < 1.29 is 17.2 Å². The molecule has 0 bridgehead atoms. The molecule has 0 fully saturated rings. The average Bonchev–Trinajstić information content (AvgIpc) is 2.93. The molecule has 0 atom stereocenters. The number of hydrogen-bond acceptors (Lipinski definition) is 3. The summed E-state index contributed by atoms with van der Waals surface area (Å²) in [6.45, 7) is 12.8. The number of sulfonamides is 1. The third-order valence-electron chi connectivity index (χ3n) is 3.59. The van der Waals surface area contributed by atoms with Gasteiger partial charge in [-0.15, -0.1) is 6.58 Å². The molecule has 1 aromatic heterocycles. The molecule has 2 rings (SSSR count). The second-order valence-electron chi connectivity index (χ2n) is 6.18. The molecule has 0 saturated carbocycles. The van der Waals surface area contributed by atoms with Gasteiger partial charge in [0, 0.05) is 23.9 Å². The fraction of sp³-hybridized carbons (Fsp3) is 0.238. The lowest BCUT2D eigenvalue weighted by Crippen LogP contribution is -2.27. The number of benzene rings is 1. The number of allylic oxidation sites excluding steroid dienone is 3. The van der Waals surface area contributed by atoms with Gasteiger partial charge in [0.25, 0.3) is 0 Å². The van der Waals surface area contributed by atoms with Gasteiger partial charge in [-0.3, -0.25) is 4.31 Å². The summed E-state index contributed by atoms with van der Waals surface area (Å²) in [6, 6.07) is 7.66. The zero-order valence-electron chi connectivity index (χ0n) is 16.4. The monoisotopic (exact) mass is 391 g/mol. The van der Waals surface area contributed by atoms with Crippen LogP contribution < -0.4 is 10.6 Å². The van der Waals surface area contributed by atoms with E-state index in [-0.39, 0.29) is 5.82 Å². The fourth-order valence-corrected chi connectivity index (χ4v) is 2.77. The maximum atomic E-state index is 13.0. The van der Waals surface area contributed by atoms with Crippen LogP contribution in [0.25, 0.3) is 24.0 Å². The molecule has 0 radical (unpaired) electrons. The van der Waals surface area contributed by atoms with Crippen LogP contribution in [0.3, 0.4) is 0 Å². The SMILES string of the molecule is C=CC.C=c1cc(-c2ccc(F)cc2)o/c1=C/C(=C(C)C)N(C)S(C)(=O)=O. The van der Waals surface area contributed by atoms with Gasteiger partial charge in [0.05, 0.1) is 12.0 Å². The Morgan fingerprint density at radius 1 is 1.22 bits per heavy atom. The van der Waals surface area contributed by atoms with Crippen molar-refractivity contribution in [2.24, 2.45) is 0 Å². The molecule has 0 N–H and O–H groups in total. The molecule has 146 valence electrons. The number of hydrogen-bond donors (Lipinski definition) is 0. The van der Waals surface area contributed by atoms with Crippen LogP contribution in [-0.2, 0) is 10.0 Å². The number of furan rings is 1. The molecular weight excluding hydrogens is 365 g/mol. The standard InChI is InChI=1S/C18H20FNO3S.C3H6/c1-12(2)16(20(4)24(5,21)22)11-17-13(3)10-18(23-17)14-6-8-15(19)9-7-14;1-3-2/h6-11H,3H2,1-2,4-5H3;3H,1H2,2H3/b17-11+;. The second-order valence-corrected chi connectivity index (χ2v) is 8.19. The van der Waals surface area contributed by atoms with Crippen LogP contribution >= 0.6 is 0 Å². The molecule has 1 heterocycles. The Kier molecular flexibility index (Phi) is 7.79. The van der Waals surface area contributed by atoms with Crippen molar-refractivity contribution in [3.8, 4) is 11.3 Å². The zero-order chi connectivity index (χ0) is 20.8. The first-order valence-electron chi connectivity index (χ1n) is 8.26. The van der Waals surface area contributed by atoms with E-state index in [2.05, 4.69) is 13.2 Å². The van der Waals surface area contributed by atoms with Crippen molar-refractivity contribution in [3.63, 3.8) is 0 Å². The van der Waals surface area contributed by atoms with E-state index in [1.54, 1.807) is 30.4 Å². The molecule has 6 heteroatoms. The molecule has 0 aliphatic carbocycles. The van der Waals surface area contributed by atoms with Gasteiger partial charge in [-0.1, -0.05) is 18.2 Å². The van der Waals surface area contributed by atoms with E-state index in [1.165, 1.54) is 23.5 Å². The number of nitrogens with zero attached hydrogens (tertiary/aromatic N) is 1. The van der Waals surface area contributed by atoms with Gasteiger partial charge >= 0.3 is 0 Å². The lowest BCUT2D eigenvalue weighted by molar-refractivity contribution is 0.529. The van der Waals surface area contributed by atoms with E-state index in [1.807, 2.05) is 20.8 Å². The predicted molar refractivity (Wildman–Crippen MR) is 110 cm³/mol. The highest BCUT2D eigenvalue weighted by Gasteiger charge is 2.15. The lowest BCUT2D eigenvalue weighted by Gasteiger charge is -2.19. The van der Waals surface area contributed by atoms with Crippen molar-refractivity contribution in [2.75, 3.05) is 13.3 Å². The largest absolute Gasteiger partial charge is 0.456 e.